The van der Waals surface area contributed by atoms with Gasteiger partial charge in [0.25, 0.3) is 0 Å². The summed E-state index contributed by atoms with van der Waals surface area (Å²) in [5.41, 5.74) is 4.37. The van der Waals surface area contributed by atoms with Gasteiger partial charge in [0.2, 0.25) is 0 Å². The molecule has 1 aliphatic heterocycles. The van der Waals surface area contributed by atoms with E-state index in [1.807, 2.05) is 42.6 Å². The molecule has 0 aliphatic carbocycles. The average molecular weight is 365 g/mol. The molecule has 0 fully saturated rings. The lowest BCUT2D eigenvalue weighted by atomic mass is 10.1. The van der Waals surface area contributed by atoms with E-state index in [2.05, 4.69) is 28.5 Å². The highest BCUT2D eigenvalue weighted by atomic mass is 16.6. The molecule has 3 aromatic rings. The average Bonchev–Trinajstić information content (AvgIpc) is 3.20. The largest absolute Gasteiger partial charge is 0.497 e. The van der Waals surface area contributed by atoms with Gasteiger partial charge in [0.15, 0.2) is 11.5 Å². The van der Waals surface area contributed by atoms with Crippen LogP contribution in [-0.2, 0) is 6.54 Å². The lowest BCUT2D eigenvalue weighted by molar-refractivity contribution is 0.171. The molecule has 27 heavy (non-hydrogen) atoms. The Bertz CT molecular complexity index is 905. The van der Waals surface area contributed by atoms with Crippen molar-refractivity contribution < 1.29 is 14.2 Å². The molecule has 0 saturated carbocycles. The molecule has 2 N–H and O–H groups in total. The van der Waals surface area contributed by atoms with Crippen molar-refractivity contribution >= 4 is 0 Å². The summed E-state index contributed by atoms with van der Waals surface area (Å²) in [6.45, 7) is 4.04. The molecule has 0 saturated heterocycles. The quantitative estimate of drug-likeness (QED) is 0.697. The van der Waals surface area contributed by atoms with E-state index in [1.54, 1.807) is 7.11 Å². The van der Waals surface area contributed by atoms with E-state index in [0.717, 1.165) is 39.6 Å². The number of aromatic amines is 1. The van der Waals surface area contributed by atoms with Crippen molar-refractivity contribution in [3.05, 3.63) is 59.8 Å². The zero-order valence-corrected chi connectivity index (χ0v) is 15.5. The zero-order valence-electron chi connectivity index (χ0n) is 15.5. The van der Waals surface area contributed by atoms with Crippen LogP contribution in [0.1, 0.15) is 24.1 Å². The SMILES string of the molecule is COc1ccc(-c2[nH]ncc2CN[C@@H](C)c2ccc3c(c2)OCCO3)cc1. The van der Waals surface area contributed by atoms with E-state index in [1.165, 1.54) is 0 Å². The van der Waals surface area contributed by atoms with E-state index in [-0.39, 0.29) is 6.04 Å². The Kier molecular flexibility index (Phi) is 4.98. The number of benzene rings is 2. The molecule has 1 aliphatic rings. The van der Waals surface area contributed by atoms with Crippen molar-refractivity contribution in [2.75, 3.05) is 20.3 Å². The van der Waals surface area contributed by atoms with Gasteiger partial charge in [0.1, 0.15) is 19.0 Å². The molecular weight excluding hydrogens is 342 g/mol. The monoisotopic (exact) mass is 365 g/mol. The predicted octanol–water partition coefficient (Wildman–Crippen LogP) is 3.71. The number of hydrogen-bond donors (Lipinski definition) is 2. The Morgan fingerprint density at radius 2 is 1.89 bits per heavy atom. The van der Waals surface area contributed by atoms with Crippen LogP contribution < -0.4 is 19.5 Å². The number of rotatable bonds is 6. The van der Waals surface area contributed by atoms with E-state index in [4.69, 9.17) is 14.2 Å². The molecule has 0 radical (unpaired) electrons. The summed E-state index contributed by atoms with van der Waals surface area (Å²) < 4.78 is 16.5. The highest BCUT2D eigenvalue weighted by molar-refractivity contribution is 5.63. The minimum atomic E-state index is 0.166. The first kappa shape index (κ1) is 17.4. The minimum absolute atomic E-state index is 0.166. The summed E-state index contributed by atoms with van der Waals surface area (Å²) in [5, 5.41) is 10.9. The summed E-state index contributed by atoms with van der Waals surface area (Å²) in [4.78, 5) is 0. The van der Waals surface area contributed by atoms with Crippen LogP contribution in [0, 0.1) is 0 Å². The van der Waals surface area contributed by atoms with Crippen LogP contribution in [0.15, 0.2) is 48.7 Å². The number of fused-ring (bicyclic) bond motifs is 1. The van der Waals surface area contributed by atoms with Crippen molar-refractivity contribution in [3.63, 3.8) is 0 Å². The Morgan fingerprint density at radius 3 is 2.67 bits per heavy atom. The lowest BCUT2D eigenvalue weighted by Gasteiger charge is -2.21. The normalized spacial score (nSPS) is 14.0. The van der Waals surface area contributed by atoms with Crippen LogP contribution in [0.5, 0.6) is 17.2 Å². The van der Waals surface area contributed by atoms with Gasteiger partial charge < -0.3 is 19.5 Å². The van der Waals surface area contributed by atoms with Crippen LogP contribution in [0.3, 0.4) is 0 Å². The molecule has 6 heteroatoms. The van der Waals surface area contributed by atoms with Crippen LogP contribution >= 0.6 is 0 Å². The van der Waals surface area contributed by atoms with Gasteiger partial charge in [-0.1, -0.05) is 6.07 Å². The Morgan fingerprint density at radius 1 is 1.11 bits per heavy atom. The third-order valence-electron chi connectivity index (χ3n) is 4.76. The predicted molar refractivity (Wildman–Crippen MR) is 103 cm³/mol. The van der Waals surface area contributed by atoms with Crippen molar-refractivity contribution in [2.24, 2.45) is 0 Å². The Hall–Kier alpha value is -2.99. The second-order valence-corrected chi connectivity index (χ2v) is 6.50. The number of ether oxygens (including phenoxy) is 3. The second kappa shape index (κ2) is 7.72. The molecule has 1 aromatic heterocycles. The summed E-state index contributed by atoms with van der Waals surface area (Å²) >= 11 is 0. The number of nitrogens with one attached hydrogen (secondary N) is 2. The van der Waals surface area contributed by atoms with Gasteiger partial charge in [-0.2, -0.15) is 5.10 Å². The second-order valence-electron chi connectivity index (χ2n) is 6.50. The van der Waals surface area contributed by atoms with Gasteiger partial charge in [-0.25, -0.2) is 0 Å². The fraction of sp³-hybridized carbons (Fsp3) is 0.286. The minimum Gasteiger partial charge on any atom is -0.497 e. The molecule has 2 aromatic carbocycles. The highest BCUT2D eigenvalue weighted by Crippen LogP contribution is 2.32. The van der Waals surface area contributed by atoms with E-state index < -0.39 is 0 Å². The number of methoxy groups -OCH3 is 1. The van der Waals surface area contributed by atoms with Gasteiger partial charge in [-0.3, -0.25) is 5.10 Å². The maximum absolute atomic E-state index is 5.68. The van der Waals surface area contributed by atoms with E-state index >= 15 is 0 Å². The van der Waals surface area contributed by atoms with Crippen molar-refractivity contribution in [3.8, 4) is 28.5 Å². The molecule has 4 rings (SSSR count). The molecule has 1 atom stereocenters. The smallest absolute Gasteiger partial charge is 0.161 e. The Balaban J connectivity index is 1.45. The molecule has 6 nitrogen and oxygen atoms in total. The molecule has 0 amide bonds. The summed E-state index contributed by atoms with van der Waals surface area (Å²) in [5.74, 6) is 2.47. The standard InChI is InChI=1S/C21H23N3O3/c1-14(16-5-8-19-20(11-16)27-10-9-26-19)22-12-17-13-23-24-21(17)15-3-6-18(25-2)7-4-15/h3-8,11,13-14,22H,9-10,12H2,1-2H3,(H,23,24)/t14-/m0/s1. The highest BCUT2D eigenvalue weighted by Gasteiger charge is 2.15. The van der Waals surface area contributed by atoms with Crippen molar-refractivity contribution in [1.82, 2.24) is 15.5 Å². The molecule has 0 unspecified atom stereocenters. The first-order valence-electron chi connectivity index (χ1n) is 9.04. The zero-order chi connectivity index (χ0) is 18.6. The van der Waals surface area contributed by atoms with Gasteiger partial charge >= 0.3 is 0 Å². The summed E-state index contributed by atoms with van der Waals surface area (Å²) in [6, 6.07) is 14.2. The first-order valence-corrected chi connectivity index (χ1v) is 9.04. The van der Waals surface area contributed by atoms with Gasteiger partial charge in [0, 0.05) is 23.7 Å². The van der Waals surface area contributed by atoms with Crippen LogP contribution in [0.25, 0.3) is 11.3 Å². The third-order valence-corrected chi connectivity index (χ3v) is 4.76. The molecule has 140 valence electrons. The third kappa shape index (κ3) is 3.75. The molecule has 2 heterocycles. The van der Waals surface area contributed by atoms with Gasteiger partial charge in [0.05, 0.1) is 19.0 Å². The number of nitrogens with zero attached hydrogens (tertiary/aromatic N) is 1. The number of hydrogen-bond acceptors (Lipinski definition) is 5. The molecule has 0 bridgehead atoms. The van der Waals surface area contributed by atoms with Crippen molar-refractivity contribution in [1.29, 1.82) is 0 Å². The first-order chi connectivity index (χ1) is 13.2. The fourth-order valence-corrected chi connectivity index (χ4v) is 3.16. The topological polar surface area (TPSA) is 68.4 Å². The van der Waals surface area contributed by atoms with E-state index in [9.17, 15) is 0 Å². The summed E-state index contributed by atoms with van der Waals surface area (Å²) in [7, 11) is 1.67. The van der Waals surface area contributed by atoms with Crippen LogP contribution in [0.2, 0.25) is 0 Å². The molecular formula is C21H23N3O3. The van der Waals surface area contributed by atoms with Gasteiger partial charge in [-0.15, -0.1) is 0 Å². The lowest BCUT2D eigenvalue weighted by Crippen LogP contribution is -2.19. The Labute approximate surface area is 158 Å². The number of aromatic nitrogens is 2. The van der Waals surface area contributed by atoms with Crippen LogP contribution in [0.4, 0.5) is 0 Å². The molecule has 0 spiro atoms. The fourth-order valence-electron chi connectivity index (χ4n) is 3.16. The maximum Gasteiger partial charge on any atom is 0.161 e. The number of H-pyrrole nitrogens is 1. The van der Waals surface area contributed by atoms with E-state index in [0.29, 0.717) is 19.8 Å². The van der Waals surface area contributed by atoms with Crippen molar-refractivity contribution in [2.45, 2.75) is 19.5 Å². The summed E-state index contributed by atoms with van der Waals surface area (Å²) in [6.07, 6.45) is 1.86. The van der Waals surface area contributed by atoms with Crippen LogP contribution in [-0.4, -0.2) is 30.5 Å². The maximum atomic E-state index is 5.68. The van der Waals surface area contributed by atoms with Gasteiger partial charge in [-0.05, 0) is 48.9 Å².